The molecule has 1 aliphatic rings. The molecule has 0 bridgehead atoms. The molecule has 0 saturated heterocycles. The minimum atomic E-state index is -0.642. The van der Waals surface area contributed by atoms with Gasteiger partial charge in [0.2, 0.25) is 5.91 Å². The first kappa shape index (κ1) is 25.4. The normalized spacial score (nSPS) is 14.7. The fourth-order valence-electron chi connectivity index (χ4n) is 4.19. The van der Waals surface area contributed by atoms with Gasteiger partial charge in [-0.2, -0.15) is 0 Å². The van der Waals surface area contributed by atoms with Gasteiger partial charge in [0.1, 0.15) is 11.8 Å². The molecule has 2 amide bonds. The fraction of sp³-hybridized carbons (Fsp3) is 0.462. The van der Waals surface area contributed by atoms with Crippen LogP contribution in [-0.4, -0.2) is 35.4 Å². The summed E-state index contributed by atoms with van der Waals surface area (Å²) in [7, 11) is 0. The van der Waals surface area contributed by atoms with Crippen molar-refractivity contribution in [2.75, 3.05) is 6.61 Å². The monoisotopic (exact) mass is 490 g/mol. The molecular formula is C26H32Cl2N2O3. The number of hydrogen-bond donors (Lipinski definition) is 1. The third kappa shape index (κ3) is 6.87. The van der Waals surface area contributed by atoms with Crippen LogP contribution >= 0.6 is 23.2 Å². The van der Waals surface area contributed by atoms with E-state index in [1.54, 1.807) is 18.2 Å². The predicted octanol–water partition coefficient (Wildman–Crippen LogP) is 5.80. The Morgan fingerprint density at radius 2 is 1.70 bits per heavy atom. The molecule has 5 nitrogen and oxygen atoms in total. The Morgan fingerprint density at radius 1 is 1.06 bits per heavy atom. The van der Waals surface area contributed by atoms with Gasteiger partial charge >= 0.3 is 0 Å². The number of ether oxygens (including phenoxy) is 1. The molecule has 7 heteroatoms. The van der Waals surface area contributed by atoms with E-state index >= 15 is 0 Å². The number of rotatable bonds is 10. The van der Waals surface area contributed by atoms with Crippen molar-refractivity contribution in [3.05, 3.63) is 63.6 Å². The molecule has 0 radical (unpaired) electrons. The second-order valence-corrected chi connectivity index (χ2v) is 9.24. The summed E-state index contributed by atoms with van der Waals surface area (Å²) in [6.45, 7) is 3.93. The molecule has 0 spiro atoms. The summed E-state index contributed by atoms with van der Waals surface area (Å²) in [4.78, 5) is 28.1. The molecule has 1 atom stereocenters. The summed E-state index contributed by atoms with van der Waals surface area (Å²) in [5.41, 5.74) is 1.81. The first-order valence-corrected chi connectivity index (χ1v) is 12.4. The van der Waals surface area contributed by atoms with Gasteiger partial charge in [0.05, 0.1) is 0 Å². The van der Waals surface area contributed by atoms with E-state index in [2.05, 4.69) is 12.2 Å². The molecule has 2 aromatic carbocycles. The lowest BCUT2D eigenvalue weighted by molar-refractivity contribution is -0.143. The molecule has 2 aromatic rings. The lowest BCUT2D eigenvalue weighted by Crippen LogP contribution is -2.52. The molecule has 0 unspecified atom stereocenters. The van der Waals surface area contributed by atoms with Crippen LogP contribution in [0.4, 0.5) is 0 Å². The van der Waals surface area contributed by atoms with E-state index < -0.39 is 6.04 Å². The molecule has 1 fully saturated rings. The Balaban J connectivity index is 1.79. The van der Waals surface area contributed by atoms with Crippen molar-refractivity contribution >= 4 is 35.0 Å². The van der Waals surface area contributed by atoms with Gasteiger partial charge in [0.25, 0.3) is 5.91 Å². The molecular weight excluding hydrogens is 459 g/mol. The molecule has 3 rings (SSSR count). The fourth-order valence-corrected chi connectivity index (χ4v) is 4.71. The van der Waals surface area contributed by atoms with E-state index in [0.717, 1.165) is 32.1 Å². The Bertz CT molecular complexity index is 923. The number of benzene rings is 2. The summed E-state index contributed by atoms with van der Waals surface area (Å²) < 4.78 is 5.77. The van der Waals surface area contributed by atoms with Gasteiger partial charge in [-0.25, -0.2) is 0 Å². The number of aryl methyl sites for hydroxylation is 1. The first-order valence-electron chi connectivity index (χ1n) is 11.7. The van der Waals surface area contributed by atoms with Gasteiger partial charge < -0.3 is 15.0 Å². The standard InChI is InChI=1S/C26H32Cl2N2O3/c1-3-18-12-14-20(15-13-18)33-17-25(31)30(16-21-22(27)10-7-11-23(21)28)24(4-2)26(32)29-19-8-5-6-9-19/h7,10-15,19,24H,3-6,8-9,16-17H2,1-2H3,(H,29,32)/t24-/m1/s1. The second kappa shape index (κ2) is 12.3. The summed E-state index contributed by atoms with van der Waals surface area (Å²) >= 11 is 12.8. The summed E-state index contributed by atoms with van der Waals surface area (Å²) in [6, 6.07) is 12.4. The number of carbonyl (C=O) groups is 2. The van der Waals surface area contributed by atoms with E-state index in [1.807, 2.05) is 31.2 Å². The van der Waals surface area contributed by atoms with Gasteiger partial charge in [0.15, 0.2) is 6.61 Å². The first-order chi connectivity index (χ1) is 15.9. The number of halogens is 2. The van der Waals surface area contributed by atoms with E-state index in [4.69, 9.17) is 27.9 Å². The van der Waals surface area contributed by atoms with Crippen LogP contribution in [0.3, 0.4) is 0 Å². The van der Waals surface area contributed by atoms with E-state index in [0.29, 0.717) is 27.8 Å². The lowest BCUT2D eigenvalue weighted by atomic mass is 10.1. The number of nitrogens with zero attached hydrogens (tertiary/aromatic N) is 1. The summed E-state index contributed by atoms with van der Waals surface area (Å²) in [5, 5.41) is 4.05. The van der Waals surface area contributed by atoms with Gasteiger partial charge in [-0.1, -0.05) is 68.1 Å². The van der Waals surface area contributed by atoms with Crippen molar-refractivity contribution in [3.63, 3.8) is 0 Å². The lowest BCUT2D eigenvalue weighted by Gasteiger charge is -2.32. The van der Waals surface area contributed by atoms with Crippen molar-refractivity contribution < 1.29 is 14.3 Å². The average molecular weight is 491 g/mol. The van der Waals surface area contributed by atoms with E-state index in [9.17, 15) is 9.59 Å². The molecule has 33 heavy (non-hydrogen) atoms. The van der Waals surface area contributed by atoms with Crippen LogP contribution in [-0.2, 0) is 22.6 Å². The van der Waals surface area contributed by atoms with Gasteiger partial charge in [-0.15, -0.1) is 0 Å². The van der Waals surface area contributed by atoms with E-state index in [1.165, 1.54) is 10.5 Å². The quantitative estimate of drug-likeness (QED) is 0.457. The zero-order chi connectivity index (χ0) is 23.8. The van der Waals surface area contributed by atoms with Crippen molar-refractivity contribution in [3.8, 4) is 5.75 Å². The molecule has 0 aliphatic heterocycles. The maximum atomic E-state index is 13.3. The topological polar surface area (TPSA) is 58.6 Å². The minimum absolute atomic E-state index is 0.131. The second-order valence-electron chi connectivity index (χ2n) is 8.42. The van der Waals surface area contributed by atoms with Crippen LogP contribution in [0.1, 0.15) is 57.1 Å². The summed E-state index contributed by atoms with van der Waals surface area (Å²) in [6.07, 6.45) is 5.58. The zero-order valence-electron chi connectivity index (χ0n) is 19.3. The highest BCUT2D eigenvalue weighted by Crippen LogP contribution is 2.27. The van der Waals surface area contributed by atoms with Crippen LogP contribution in [0.2, 0.25) is 10.0 Å². The molecule has 0 heterocycles. The number of carbonyl (C=O) groups excluding carboxylic acids is 2. The molecule has 1 saturated carbocycles. The van der Waals surface area contributed by atoms with Crippen molar-refractivity contribution in [1.29, 1.82) is 0 Å². The number of hydrogen-bond acceptors (Lipinski definition) is 3. The van der Waals surface area contributed by atoms with Crippen LogP contribution in [0, 0.1) is 0 Å². The third-order valence-corrected chi connectivity index (χ3v) is 6.88. The van der Waals surface area contributed by atoms with Crippen molar-refractivity contribution in [1.82, 2.24) is 10.2 Å². The predicted molar refractivity (Wildman–Crippen MR) is 133 cm³/mol. The average Bonchev–Trinajstić information content (AvgIpc) is 3.32. The van der Waals surface area contributed by atoms with Crippen molar-refractivity contribution in [2.45, 2.75) is 71.0 Å². The number of nitrogens with one attached hydrogen (secondary N) is 1. The Hall–Kier alpha value is -2.24. The van der Waals surface area contributed by atoms with Crippen LogP contribution in [0.5, 0.6) is 5.75 Å². The Labute approximate surface area is 206 Å². The molecule has 1 N–H and O–H groups in total. The van der Waals surface area contributed by atoms with Crippen LogP contribution in [0.25, 0.3) is 0 Å². The maximum Gasteiger partial charge on any atom is 0.261 e. The highest BCUT2D eigenvalue weighted by atomic mass is 35.5. The van der Waals surface area contributed by atoms with Gasteiger partial charge in [-0.05, 0) is 55.5 Å². The van der Waals surface area contributed by atoms with Crippen LogP contribution in [0.15, 0.2) is 42.5 Å². The van der Waals surface area contributed by atoms with Gasteiger partial charge in [-0.3, -0.25) is 9.59 Å². The SMILES string of the molecule is CCc1ccc(OCC(=O)N(Cc2c(Cl)cccc2Cl)[C@H](CC)C(=O)NC2CCCC2)cc1. The van der Waals surface area contributed by atoms with Gasteiger partial charge in [0, 0.05) is 28.2 Å². The summed E-state index contributed by atoms with van der Waals surface area (Å²) in [5.74, 6) is 0.173. The van der Waals surface area contributed by atoms with Crippen molar-refractivity contribution in [2.24, 2.45) is 0 Å². The maximum absolute atomic E-state index is 13.3. The van der Waals surface area contributed by atoms with Crippen LogP contribution < -0.4 is 10.1 Å². The Morgan fingerprint density at radius 3 is 2.27 bits per heavy atom. The highest BCUT2D eigenvalue weighted by molar-refractivity contribution is 6.36. The molecule has 0 aromatic heterocycles. The molecule has 1 aliphatic carbocycles. The smallest absolute Gasteiger partial charge is 0.261 e. The largest absolute Gasteiger partial charge is 0.484 e. The van der Waals surface area contributed by atoms with E-state index in [-0.39, 0.29) is 31.0 Å². The zero-order valence-corrected chi connectivity index (χ0v) is 20.8. The highest BCUT2D eigenvalue weighted by Gasteiger charge is 2.31. The molecule has 178 valence electrons. The number of amides is 2. The Kier molecular flexibility index (Phi) is 9.45. The third-order valence-electron chi connectivity index (χ3n) is 6.17. The minimum Gasteiger partial charge on any atom is -0.484 e.